The third kappa shape index (κ3) is 4.06. The van der Waals surface area contributed by atoms with Crippen molar-refractivity contribution in [2.75, 3.05) is 17.7 Å². The van der Waals surface area contributed by atoms with E-state index in [4.69, 9.17) is 15.9 Å². The van der Waals surface area contributed by atoms with Gasteiger partial charge in [0.1, 0.15) is 11.5 Å². The zero-order valence-corrected chi connectivity index (χ0v) is 9.80. The van der Waals surface area contributed by atoms with Crippen LogP contribution < -0.4 is 11.1 Å². The number of hydrogen-bond donors (Lipinski definition) is 4. The van der Waals surface area contributed by atoms with Gasteiger partial charge in [-0.2, -0.15) is 5.10 Å². The van der Waals surface area contributed by atoms with E-state index >= 15 is 0 Å². The van der Waals surface area contributed by atoms with Gasteiger partial charge >= 0.3 is 5.97 Å². The minimum atomic E-state index is -0.932. The third-order valence-corrected chi connectivity index (χ3v) is 2.26. The van der Waals surface area contributed by atoms with Crippen LogP contribution in [-0.4, -0.2) is 38.5 Å². The van der Waals surface area contributed by atoms with Crippen LogP contribution in [0.15, 0.2) is 6.20 Å². The Bertz CT molecular complexity index is 430. The van der Waals surface area contributed by atoms with E-state index in [1.165, 1.54) is 10.9 Å². The van der Waals surface area contributed by atoms with E-state index in [-0.39, 0.29) is 44.1 Å². The second kappa shape index (κ2) is 6.60. The highest BCUT2D eigenvalue weighted by atomic mass is 16.4. The van der Waals surface area contributed by atoms with Crippen LogP contribution in [0.4, 0.5) is 11.5 Å². The van der Waals surface area contributed by atoms with Gasteiger partial charge in [0.05, 0.1) is 19.3 Å². The smallest absolute Gasteiger partial charge is 0.303 e. The minimum Gasteiger partial charge on any atom is -0.481 e. The van der Waals surface area contributed by atoms with Crippen LogP contribution in [0.5, 0.6) is 0 Å². The van der Waals surface area contributed by atoms with E-state index in [9.17, 15) is 9.59 Å². The molecule has 0 fully saturated rings. The van der Waals surface area contributed by atoms with Gasteiger partial charge in [-0.05, 0) is 6.42 Å². The Kier molecular flexibility index (Phi) is 5.12. The first-order valence-corrected chi connectivity index (χ1v) is 5.48. The molecule has 1 aromatic heterocycles. The molecule has 0 aromatic carbocycles. The predicted molar refractivity (Wildman–Crippen MR) is 63.8 cm³/mol. The van der Waals surface area contributed by atoms with Crippen LogP contribution in [0.3, 0.4) is 0 Å². The van der Waals surface area contributed by atoms with Crippen LogP contribution in [0.2, 0.25) is 0 Å². The molecule has 18 heavy (non-hydrogen) atoms. The summed E-state index contributed by atoms with van der Waals surface area (Å²) in [7, 11) is 0. The molecule has 1 aromatic rings. The van der Waals surface area contributed by atoms with Crippen molar-refractivity contribution in [3.63, 3.8) is 0 Å². The number of anilines is 2. The number of hydrogen-bond acceptors (Lipinski definition) is 5. The van der Waals surface area contributed by atoms with Crippen molar-refractivity contribution in [3.8, 4) is 0 Å². The molecule has 0 aliphatic heterocycles. The fraction of sp³-hybridized carbons (Fsp3) is 0.500. The Balaban J connectivity index is 2.46. The molecule has 0 radical (unpaired) electrons. The van der Waals surface area contributed by atoms with Gasteiger partial charge in [-0.3, -0.25) is 9.59 Å². The lowest BCUT2D eigenvalue weighted by molar-refractivity contribution is -0.137. The van der Waals surface area contributed by atoms with Crippen molar-refractivity contribution in [3.05, 3.63) is 6.20 Å². The van der Waals surface area contributed by atoms with Gasteiger partial charge in [-0.1, -0.05) is 0 Å². The molecule has 0 saturated carbocycles. The summed E-state index contributed by atoms with van der Waals surface area (Å²) in [6.07, 6.45) is 1.72. The van der Waals surface area contributed by atoms with Crippen LogP contribution in [0.25, 0.3) is 0 Å². The van der Waals surface area contributed by atoms with E-state index in [1.807, 2.05) is 0 Å². The van der Waals surface area contributed by atoms with E-state index in [0.717, 1.165) is 0 Å². The normalized spacial score (nSPS) is 10.3. The summed E-state index contributed by atoms with van der Waals surface area (Å²) in [5, 5.41) is 23.6. The molecule has 0 aliphatic rings. The molecule has 0 bridgehead atoms. The highest BCUT2D eigenvalue weighted by Gasteiger charge is 2.10. The number of aliphatic hydroxyl groups excluding tert-OH is 1. The fourth-order valence-electron chi connectivity index (χ4n) is 1.38. The molecular weight excluding hydrogens is 240 g/mol. The lowest BCUT2D eigenvalue weighted by atomic mass is 10.2. The fourth-order valence-corrected chi connectivity index (χ4v) is 1.38. The molecule has 1 rings (SSSR count). The number of carbonyl (C=O) groups excluding carboxylic acids is 1. The first kappa shape index (κ1) is 14.0. The molecule has 0 aliphatic carbocycles. The maximum atomic E-state index is 11.5. The van der Waals surface area contributed by atoms with E-state index in [0.29, 0.717) is 5.69 Å². The lowest BCUT2D eigenvalue weighted by Gasteiger charge is -2.04. The highest BCUT2D eigenvalue weighted by molar-refractivity contribution is 5.93. The van der Waals surface area contributed by atoms with Crippen molar-refractivity contribution in [1.82, 2.24) is 9.78 Å². The third-order valence-electron chi connectivity index (χ3n) is 2.26. The Labute approximate surface area is 103 Å². The number of aliphatic hydroxyl groups is 1. The predicted octanol–water partition coefficient (Wildman–Crippen LogP) is -0.349. The summed E-state index contributed by atoms with van der Waals surface area (Å²) < 4.78 is 1.37. The van der Waals surface area contributed by atoms with Crippen molar-refractivity contribution in [1.29, 1.82) is 0 Å². The SMILES string of the molecule is Nc1c(NC(=O)CCCC(=O)O)cnn1CCO. The summed E-state index contributed by atoms with van der Waals surface area (Å²) in [4.78, 5) is 21.7. The monoisotopic (exact) mass is 256 g/mol. The van der Waals surface area contributed by atoms with Crippen LogP contribution >= 0.6 is 0 Å². The standard InChI is InChI=1S/C10H16N4O4/c11-10-7(6-12-14(10)4-5-15)13-8(16)2-1-3-9(17)18/h6,15H,1-5,11H2,(H,13,16)(H,17,18). The van der Waals surface area contributed by atoms with Gasteiger partial charge in [0.15, 0.2) is 0 Å². The van der Waals surface area contributed by atoms with Crippen LogP contribution in [0.1, 0.15) is 19.3 Å². The number of nitrogens with one attached hydrogen (secondary N) is 1. The zero-order valence-electron chi connectivity index (χ0n) is 9.80. The lowest BCUT2D eigenvalue weighted by Crippen LogP contribution is -2.14. The summed E-state index contributed by atoms with van der Waals surface area (Å²) in [5.41, 5.74) is 6.06. The zero-order chi connectivity index (χ0) is 13.5. The average Bonchev–Trinajstić information content (AvgIpc) is 2.62. The van der Waals surface area contributed by atoms with Crippen LogP contribution in [0, 0.1) is 0 Å². The number of nitrogen functional groups attached to an aromatic ring is 1. The molecule has 1 heterocycles. The molecule has 5 N–H and O–H groups in total. The molecule has 8 nitrogen and oxygen atoms in total. The number of carboxylic acids is 1. The first-order valence-electron chi connectivity index (χ1n) is 5.48. The van der Waals surface area contributed by atoms with Gasteiger partial charge in [0.25, 0.3) is 0 Å². The molecule has 0 saturated heterocycles. The second-order valence-corrected chi connectivity index (χ2v) is 3.69. The van der Waals surface area contributed by atoms with Gasteiger partial charge in [-0.15, -0.1) is 0 Å². The van der Waals surface area contributed by atoms with Crippen molar-refractivity contribution < 1.29 is 19.8 Å². The maximum Gasteiger partial charge on any atom is 0.303 e. The number of aliphatic carboxylic acids is 1. The molecule has 1 amide bonds. The number of aromatic nitrogens is 2. The molecule has 100 valence electrons. The Morgan fingerprint density at radius 3 is 2.78 bits per heavy atom. The Hall–Kier alpha value is -2.09. The van der Waals surface area contributed by atoms with E-state index in [2.05, 4.69) is 10.4 Å². The number of nitrogens with two attached hydrogens (primary N) is 1. The number of amides is 1. The average molecular weight is 256 g/mol. The van der Waals surface area contributed by atoms with E-state index < -0.39 is 5.97 Å². The summed E-state index contributed by atoms with van der Waals surface area (Å²) in [6.45, 7) is 0.151. The molecular formula is C10H16N4O4. The van der Waals surface area contributed by atoms with Gasteiger partial charge in [0.2, 0.25) is 5.91 Å². The highest BCUT2D eigenvalue weighted by Crippen LogP contribution is 2.17. The Morgan fingerprint density at radius 1 is 1.44 bits per heavy atom. The number of carbonyl (C=O) groups is 2. The van der Waals surface area contributed by atoms with Crippen molar-refractivity contribution >= 4 is 23.4 Å². The molecule has 0 spiro atoms. The maximum absolute atomic E-state index is 11.5. The summed E-state index contributed by atoms with van der Waals surface area (Å²) in [5.74, 6) is -0.986. The Morgan fingerprint density at radius 2 is 2.17 bits per heavy atom. The number of carboxylic acid groups (broad SMARTS) is 1. The van der Waals surface area contributed by atoms with Gasteiger partial charge < -0.3 is 21.3 Å². The molecule has 8 heteroatoms. The first-order chi connectivity index (χ1) is 8.54. The minimum absolute atomic E-state index is 0.0489. The topological polar surface area (TPSA) is 130 Å². The number of rotatable bonds is 7. The summed E-state index contributed by atoms with van der Waals surface area (Å²) >= 11 is 0. The molecule has 0 atom stereocenters. The van der Waals surface area contributed by atoms with Crippen molar-refractivity contribution in [2.24, 2.45) is 0 Å². The van der Waals surface area contributed by atoms with Gasteiger partial charge in [0, 0.05) is 12.8 Å². The van der Waals surface area contributed by atoms with Crippen LogP contribution in [-0.2, 0) is 16.1 Å². The summed E-state index contributed by atoms with van der Waals surface area (Å²) in [6, 6.07) is 0. The molecule has 0 unspecified atom stereocenters. The second-order valence-electron chi connectivity index (χ2n) is 3.69. The van der Waals surface area contributed by atoms with Gasteiger partial charge in [-0.25, -0.2) is 4.68 Å². The van der Waals surface area contributed by atoms with Crippen molar-refractivity contribution in [2.45, 2.75) is 25.8 Å². The quantitative estimate of drug-likeness (QED) is 0.527. The number of nitrogens with zero attached hydrogens (tertiary/aromatic N) is 2. The largest absolute Gasteiger partial charge is 0.481 e. The van der Waals surface area contributed by atoms with E-state index in [1.54, 1.807) is 0 Å².